The number of hydrogen-bond donors (Lipinski definition) is 1. The van der Waals surface area contributed by atoms with Crippen LogP contribution in [0.2, 0.25) is 0 Å². The molecule has 1 aromatic rings. The van der Waals surface area contributed by atoms with Gasteiger partial charge in [-0.05, 0) is 36.8 Å². The normalized spacial score (nSPS) is 12.7. The Balaban J connectivity index is 2.77. The number of rotatable bonds is 8. The molecule has 2 nitrogen and oxygen atoms in total. The van der Waals surface area contributed by atoms with Gasteiger partial charge in [0.2, 0.25) is 0 Å². The molecule has 0 amide bonds. The average Bonchev–Trinajstić information content (AvgIpc) is 2.41. The molecular weight excluding hydrogens is 241 g/mol. The van der Waals surface area contributed by atoms with Crippen molar-refractivity contribution in [2.75, 3.05) is 7.11 Å². The third kappa shape index (κ3) is 4.50. The lowest BCUT2D eigenvalue weighted by Crippen LogP contribution is -2.32. The second kappa shape index (κ2) is 8.16. The maximum atomic E-state index is 14.1. The van der Waals surface area contributed by atoms with Crippen LogP contribution in [0.1, 0.15) is 45.1 Å². The molecule has 0 bridgehead atoms. The van der Waals surface area contributed by atoms with Crippen molar-refractivity contribution >= 4 is 0 Å². The van der Waals surface area contributed by atoms with E-state index in [1.165, 1.54) is 7.11 Å². The fourth-order valence-electron chi connectivity index (χ4n) is 2.61. The molecule has 0 radical (unpaired) electrons. The van der Waals surface area contributed by atoms with E-state index >= 15 is 0 Å². The first kappa shape index (κ1) is 16.0. The molecule has 0 saturated carbocycles. The second-order valence-electron chi connectivity index (χ2n) is 5.14. The van der Waals surface area contributed by atoms with Crippen LogP contribution in [0.3, 0.4) is 0 Å². The minimum Gasteiger partial charge on any atom is -0.494 e. The SMILES string of the molecule is CCCC(CCC)C(N)Cc1cccc(OC)c1F. The van der Waals surface area contributed by atoms with Crippen LogP contribution in [0.15, 0.2) is 18.2 Å². The van der Waals surface area contributed by atoms with Crippen molar-refractivity contribution in [1.29, 1.82) is 0 Å². The lowest BCUT2D eigenvalue weighted by atomic mass is 9.87. The van der Waals surface area contributed by atoms with Gasteiger partial charge in [0, 0.05) is 6.04 Å². The second-order valence-corrected chi connectivity index (χ2v) is 5.14. The standard InChI is InChI=1S/C16H26FNO/c1-4-7-12(8-5-2)14(18)11-13-9-6-10-15(19-3)16(13)17/h6,9-10,12,14H,4-5,7-8,11,18H2,1-3H3. The first-order valence-corrected chi connectivity index (χ1v) is 7.20. The molecule has 1 rings (SSSR count). The maximum absolute atomic E-state index is 14.1. The smallest absolute Gasteiger partial charge is 0.168 e. The largest absolute Gasteiger partial charge is 0.494 e. The molecule has 0 fully saturated rings. The Morgan fingerprint density at radius 1 is 1.21 bits per heavy atom. The van der Waals surface area contributed by atoms with Gasteiger partial charge in [-0.3, -0.25) is 0 Å². The van der Waals surface area contributed by atoms with Gasteiger partial charge in [-0.15, -0.1) is 0 Å². The Kier molecular flexibility index (Phi) is 6.85. The first-order valence-electron chi connectivity index (χ1n) is 7.20. The Bertz CT molecular complexity index is 375. The van der Waals surface area contributed by atoms with E-state index in [4.69, 9.17) is 10.5 Å². The van der Waals surface area contributed by atoms with E-state index in [0.717, 1.165) is 25.7 Å². The molecule has 1 unspecified atom stereocenters. The van der Waals surface area contributed by atoms with Crippen molar-refractivity contribution in [3.05, 3.63) is 29.6 Å². The van der Waals surface area contributed by atoms with Crippen LogP contribution in [0, 0.1) is 11.7 Å². The number of benzene rings is 1. The first-order chi connectivity index (χ1) is 9.13. The van der Waals surface area contributed by atoms with Gasteiger partial charge in [0.15, 0.2) is 11.6 Å². The Labute approximate surface area is 116 Å². The van der Waals surface area contributed by atoms with Crippen molar-refractivity contribution in [3.63, 3.8) is 0 Å². The van der Waals surface area contributed by atoms with Crippen LogP contribution >= 0.6 is 0 Å². The number of ether oxygens (including phenoxy) is 1. The molecule has 3 heteroatoms. The van der Waals surface area contributed by atoms with Gasteiger partial charge in [0.1, 0.15) is 0 Å². The van der Waals surface area contributed by atoms with Crippen molar-refractivity contribution in [1.82, 2.24) is 0 Å². The predicted molar refractivity (Wildman–Crippen MR) is 77.9 cm³/mol. The van der Waals surface area contributed by atoms with Crippen LogP contribution in [-0.2, 0) is 6.42 Å². The van der Waals surface area contributed by atoms with Crippen molar-refractivity contribution < 1.29 is 9.13 Å². The summed E-state index contributed by atoms with van der Waals surface area (Å²) in [6, 6.07) is 5.27. The Morgan fingerprint density at radius 3 is 2.37 bits per heavy atom. The molecule has 2 N–H and O–H groups in total. The summed E-state index contributed by atoms with van der Waals surface area (Å²) in [5.41, 5.74) is 6.93. The van der Waals surface area contributed by atoms with Crippen LogP contribution in [0.25, 0.3) is 0 Å². The number of nitrogens with two attached hydrogens (primary N) is 1. The van der Waals surface area contributed by atoms with E-state index in [1.807, 2.05) is 6.07 Å². The maximum Gasteiger partial charge on any atom is 0.168 e. The summed E-state index contributed by atoms with van der Waals surface area (Å²) in [6.45, 7) is 4.34. The molecule has 0 aromatic heterocycles. The molecule has 0 heterocycles. The molecule has 0 aliphatic rings. The molecule has 19 heavy (non-hydrogen) atoms. The number of methoxy groups -OCH3 is 1. The summed E-state index contributed by atoms with van der Waals surface area (Å²) in [5.74, 6) is 0.500. The van der Waals surface area contributed by atoms with Gasteiger partial charge in [0.25, 0.3) is 0 Å². The van der Waals surface area contributed by atoms with Crippen LogP contribution < -0.4 is 10.5 Å². The summed E-state index contributed by atoms with van der Waals surface area (Å²) in [7, 11) is 1.49. The van der Waals surface area contributed by atoms with Gasteiger partial charge in [-0.2, -0.15) is 0 Å². The lowest BCUT2D eigenvalue weighted by molar-refractivity contribution is 0.352. The minimum atomic E-state index is -0.271. The van der Waals surface area contributed by atoms with Crippen LogP contribution in [0.4, 0.5) is 4.39 Å². The fraction of sp³-hybridized carbons (Fsp3) is 0.625. The van der Waals surface area contributed by atoms with Gasteiger partial charge < -0.3 is 10.5 Å². The Hall–Kier alpha value is -1.09. The fourth-order valence-corrected chi connectivity index (χ4v) is 2.61. The third-order valence-corrected chi connectivity index (χ3v) is 3.64. The van der Waals surface area contributed by atoms with Crippen molar-refractivity contribution in [2.24, 2.45) is 11.7 Å². The summed E-state index contributed by atoms with van der Waals surface area (Å²) < 4.78 is 19.1. The zero-order valence-corrected chi connectivity index (χ0v) is 12.3. The van der Waals surface area contributed by atoms with Crippen molar-refractivity contribution in [2.45, 2.75) is 52.0 Å². The summed E-state index contributed by atoms with van der Waals surface area (Å²) in [5, 5.41) is 0. The van der Waals surface area contributed by atoms with Gasteiger partial charge >= 0.3 is 0 Å². The minimum absolute atomic E-state index is 0.0153. The van der Waals surface area contributed by atoms with E-state index < -0.39 is 0 Å². The highest BCUT2D eigenvalue weighted by Crippen LogP contribution is 2.24. The van der Waals surface area contributed by atoms with E-state index in [9.17, 15) is 4.39 Å². The van der Waals surface area contributed by atoms with Gasteiger partial charge in [0.05, 0.1) is 7.11 Å². The Morgan fingerprint density at radius 2 is 1.84 bits per heavy atom. The van der Waals surface area contributed by atoms with Gasteiger partial charge in [-0.25, -0.2) is 4.39 Å². The lowest BCUT2D eigenvalue weighted by Gasteiger charge is -2.23. The zero-order chi connectivity index (χ0) is 14.3. The molecule has 0 saturated heterocycles. The average molecular weight is 267 g/mol. The topological polar surface area (TPSA) is 35.2 Å². The predicted octanol–water partition coefficient (Wildman–Crippen LogP) is 3.92. The zero-order valence-electron chi connectivity index (χ0n) is 12.3. The van der Waals surface area contributed by atoms with E-state index in [2.05, 4.69) is 13.8 Å². The monoisotopic (exact) mass is 267 g/mol. The van der Waals surface area contributed by atoms with E-state index in [-0.39, 0.29) is 11.9 Å². The highest BCUT2D eigenvalue weighted by atomic mass is 19.1. The molecular formula is C16H26FNO. The van der Waals surface area contributed by atoms with E-state index in [0.29, 0.717) is 23.7 Å². The number of hydrogen-bond acceptors (Lipinski definition) is 2. The van der Waals surface area contributed by atoms with Crippen LogP contribution in [-0.4, -0.2) is 13.2 Å². The summed E-state index contributed by atoms with van der Waals surface area (Å²) >= 11 is 0. The third-order valence-electron chi connectivity index (χ3n) is 3.64. The number of halogens is 1. The van der Waals surface area contributed by atoms with Gasteiger partial charge in [-0.1, -0.05) is 38.8 Å². The quantitative estimate of drug-likeness (QED) is 0.774. The molecule has 1 aromatic carbocycles. The van der Waals surface area contributed by atoms with E-state index in [1.54, 1.807) is 12.1 Å². The molecule has 108 valence electrons. The molecule has 0 aliphatic carbocycles. The summed E-state index contributed by atoms with van der Waals surface area (Å²) in [6.07, 6.45) is 5.05. The molecule has 0 spiro atoms. The van der Waals surface area contributed by atoms with Crippen molar-refractivity contribution in [3.8, 4) is 5.75 Å². The highest BCUT2D eigenvalue weighted by molar-refractivity contribution is 5.31. The summed E-state index contributed by atoms with van der Waals surface area (Å²) in [4.78, 5) is 0. The van der Waals surface area contributed by atoms with Crippen LogP contribution in [0.5, 0.6) is 5.75 Å². The highest BCUT2D eigenvalue weighted by Gasteiger charge is 2.19. The molecule has 1 atom stereocenters. The molecule has 0 aliphatic heterocycles.